The van der Waals surface area contributed by atoms with Crippen LogP contribution in [0.2, 0.25) is 41.3 Å². The monoisotopic (exact) mass is 813 g/mol. The van der Waals surface area contributed by atoms with Crippen LogP contribution in [0.25, 0.3) is 11.2 Å². The number of aromatic nitrogens is 4. The van der Waals surface area contributed by atoms with Crippen molar-refractivity contribution in [3.63, 3.8) is 0 Å². The maximum absolute atomic E-state index is 12.6. The van der Waals surface area contributed by atoms with Gasteiger partial charge in [-0.05, 0) is 6.42 Å². The van der Waals surface area contributed by atoms with Crippen molar-refractivity contribution in [3.05, 3.63) is 47.5 Å². The summed E-state index contributed by atoms with van der Waals surface area (Å²) in [6, 6.07) is 7.63. The Hall–Kier alpha value is -1.50. The van der Waals surface area contributed by atoms with Crippen LogP contribution >= 0.6 is 31.0 Å². The minimum absolute atomic E-state index is 0.0884. The number of nitrogens with one attached hydrogen (secondary N) is 1. The van der Waals surface area contributed by atoms with E-state index < -0.39 is 48.3 Å². The molecule has 5 unspecified atom stereocenters. The number of nitrogens with zero attached hydrogens (tertiary/aromatic N) is 4. The van der Waals surface area contributed by atoms with Crippen molar-refractivity contribution in [2.75, 3.05) is 18.5 Å². The van der Waals surface area contributed by atoms with Crippen LogP contribution in [0.3, 0.4) is 0 Å². The Balaban J connectivity index is 1.53. The molecule has 0 bridgehead atoms. The van der Waals surface area contributed by atoms with Gasteiger partial charge in [0.1, 0.15) is 0 Å². The Morgan fingerprint density at radius 2 is 1.73 bits per heavy atom. The normalized spacial score (nSPS) is 25.0. The van der Waals surface area contributed by atoms with E-state index in [9.17, 15) is 4.79 Å². The first kappa shape index (κ1) is 41.7. The molecule has 2 aromatic heterocycles. The second-order valence-corrected chi connectivity index (χ2v) is 30.2. The van der Waals surface area contributed by atoms with Crippen molar-refractivity contribution < 1.29 is 32.0 Å². The van der Waals surface area contributed by atoms with E-state index in [2.05, 4.69) is 88.0 Å². The number of carbonyl (C=O) groups is 1. The topological polar surface area (TPSA) is 128 Å². The van der Waals surface area contributed by atoms with Gasteiger partial charge in [-0.25, -0.2) is 0 Å². The molecule has 2 aliphatic rings. The number of thiol groups is 1. The molecule has 4 heterocycles. The van der Waals surface area contributed by atoms with Crippen LogP contribution in [0.1, 0.15) is 85.6 Å². The molecule has 1 amide bonds. The molecule has 0 spiro atoms. The van der Waals surface area contributed by atoms with Crippen LogP contribution in [0.4, 0.5) is 5.82 Å². The maximum atomic E-state index is 12.6. The van der Waals surface area contributed by atoms with Gasteiger partial charge in [-0.15, -0.1) is 0 Å². The zero-order chi connectivity index (χ0) is 38.3. The molecule has 0 aliphatic carbocycles. The molecule has 17 heteroatoms. The number of anilines is 1. The molecule has 5 rings (SSSR count). The van der Waals surface area contributed by atoms with E-state index in [0.29, 0.717) is 47.9 Å². The van der Waals surface area contributed by atoms with Crippen LogP contribution in [0.15, 0.2) is 36.9 Å². The van der Waals surface area contributed by atoms with Gasteiger partial charge in [-0.2, -0.15) is 0 Å². The van der Waals surface area contributed by atoms with Crippen molar-refractivity contribution in [2.45, 2.75) is 135 Å². The summed E-state index contributed by atoms with van der Waals surface area (Å²) in [7, 11) is -8.27. The summed E-state index contributed by atoms with van der Waals surface area (Å²) in [5.41, 5.74) is 1.91. The van der Waals surface area contributed by atoms with Gasteiger partial charge in [-0.1, -0.05) is 6.92 Å². The predicted molar refractivity (Wildman–Crippen MR) is 216 cm³/mol. The molecule has 0 radical (unpaired) electrons. The fraction of sp³-hybridized carbons (Fsp3) is 0.657. The Kier molecular flexibility index (Phi) is 12.8. The summed E-state index contributed by atoms with van der Waals surface area (Å²) in [5.74, 6) is 0.211. The molecule has 12 nitrogen and oxygen atoms in total. The van der Waals surface area contributed by atoms with Gasteiger partial charge < -0.3 is 0 Å². The minimum atomic E-state index is -3.44. The summed E-state index contributed by atoms with van der Waals surface area (Å²) >= 11 is 11.2. The number of ether oxygens (including phenoxy) is 1. The Labute approximate surface area is 321 Å². The number of halogens is 1. The molecule has 2 saturated heterocycles. The molecule has 290 valence electrons. The third-order valence-electron chi connectivity index (χ3n) is 10.7. The number of imidazole rings is 1. The van der Waals surface area contributed by atoms with Gasteiger partial charge in [0.05, 0.1) is 0 Å². The number of carbonyl (C=O) groups excluding carboxylic acids is 1. The van der Waals surface area contributed by atoms with E-state index >= 15 is 0 Å². The van der Waals surface area contributed by atoms with Crippen LogP contribution in [-0.4, -0.2) is 73.6 Å². The van der Waals surface area contributed by atoms with Gasteiger partial charge in [-0.3, -0.25) is 0 Å². The quantitative estimate of drug-likeness (QED) is 0.104. The van der Waals surface area contributed by atoms with Crippen molar-refractivity contribution in [2.24, 2.45) is 0 Å². The first-order valence-corrected chi connectivity index (χ1v) is 27.3. The molecular weight excluding hydrogens is 757 g/mol. The Bertz CT molecular complexity index is 1720. The van der Waals surface area contributed by atoms with Crippen LogP contribution in [0, 0.1) is 0 Å². The van der Waals surface area contributed by atoms with E-state index in [0.717, 1.165) is 5.56 Å². The number of benzene rings is 1. The molecular formula is C35H57ClN5O7PSSi2. The zero-order valence-corrected chi connectivity index (χ0v) is 37.0. The van der Waals surface area contributed by atoms with Gasteiger partial charge in [0.25, 0.3) is 0 Å². The summed E-state index contributed by atoms with van der Waals surface area (Å²) in [4.78, 5) is 26.2. The van der Waals surface area contributed by atoms with Gasteiger partial charge in [0.15, 0.2) is 0 Å². The first-order chi connectivity index (χ1) is 24.1. The molecule has 1 N–H and O–H groups in total. The van der Waals surface area contributed by atoms with Gasteiger partial charge in [0.2, 0.25) is 0 Å². The fourth-order valence-corrected chi connectivity index (χ4v) is 11.0. The number of hydrogen-bond acceptors (Lipinski definition) is 11. The summed E-state index contributed by atoms with van der Waals surface area (Å²) in [6.45, 7) is 24.7. The number of fused-ring (bicyclic) bond motifs is 1. The molecule has 2 fully saturated rings. The first-order valence-electron chi connectivity index (χ1n) is 18.1. The third-order valence-corrected chi connectivity index (χ3v) is 22.7. The van der Waals surface area contributed by atoms with E-state index in [-0.39, 0.29) is 28.7 Å². The average molecular weight is 815 g/mol. The standard InChI is InChI=1S/C35H57ClN5O7PSSi2/c1-12-14-27(42)40-31-28-32(38-21-37-31)41(22-39-28)33-30(48-52(10,11)35(5,6)7)29(47-51(8,9)34(2,3)4)26(45-33)20-44-49(50)43-18-17-25(46-49)23-15-13-16-24(36)19-23/h13,15-16,19,21-22,25-26,29-30,33,49-50H,12,14,17-18,20H2,1-11H3,(H,37,38,40,42). The van der Waals surface area contributed by atoms with Gasteiger partial charge in [0, 0.05) is 0 Å². The van der Waals surface area contributed by atoms with Crippen LogP contribution < -0.4 is 5.32 Å². The number of amides is 1. The molecule has 52 heavy (non-hydrogen) atoms. The van der Waals surface area contributed by atoms with E-state index in [1.165, 1.54) is 6.33 Å². The summed E-state index contributed by atoms with van der Waals surface area (Å²) in [6.07, 6.45) is 2.19. The predicted octanol–water partition coefficient (Wildman–Crippen LogP) is 9.43. The van der Waals surface area contributed by atoms with Crippen molar-refractivity contribution in [3.8, 4) is 0 Å². The van der Waals surface area contributed by atoms with E-state index in [4.69, 9.17) is 51.0 Å². The van der Waals surface area contributed by atoms with Gasteiger partial charge >= 0.3 is 309 Å². The molecule has 5 atom stereocenters. The van der Waals surface area contributed by atoms with E-state index in [1.54, 1.807) is 6.33 Å². The molecule has 3 aromatic rings. The molecule has 1 aromatic carbocycles. The third kappa shape index (κ3) is 9.30. The van der Waals surface area contributed by atoms with Crippen LogP contribution in [-0.2, 0) is 32.0 Å². The second kappa shape index (κ2) is 15.9. The molecule has 2 aliphatic heterocycles. The Morgan fingerprint density at radius 1 is 1.06 bits per heavy atom. The molecule has 0 saturated carbocycles. The van der Waals surface area contributed by atoms with Crippen molar-refractivity contribution in [1.82, 2.24) is 19.5 Å². The average Bonchev–Trinajstić information content (AvgIpc) is 3.60. The summed E-state index contributed by atoms with van der Waals surface area (Å²) < 4.78 is 42.5. The zero-order valence-electron chi connectivity index (χ0n) is 32.4. The van der Waals surface area contributed by atoms with Crippen molar-refractivity contribution in [1.29, 1.82) is 0 Å². The van der Waals surface area contributed by atoms with Crippen molar-refractivity contribution >= 4 is 70.5 Å². The van der Waals surface area contributed by atoms with E-state index in [1.807, 2.05) is 35.8 Å². The summed E-state index contributed by atoms with van der Waals surface area (Å²) in [5, 5.41) is 3.32. The number of hydrogen-bond donors (Lipinski definition) is 2. The fourth-order valence-electron chi connectivity index (χ4n) is 5.69. The van der Waals surface area contributed by atoms with Crippen LogP contribution in [0.5, 0.6) is 0 Å². The second-order valence-electron chi connectivity index (χ2n) is 16.7. The number of rotatable bonds is 12. The SMILES string of the molecule is CCCC(=O)Nc1ncnc2c1ncn2C1OC(CO[PH]2(S)OCCC(c3cccc(Cl)c3)O2)C(O[Si](C)(C)C(C)(C)C)C1O[Si](C)(C)C(C)(C)C. The Morgan fingerprint density at radius 3 is 2.37 bits per heavy atom.